The van der Waals surface area contributed by atoms with Gasteiger partial charge in [0.1, 0.15) is 11.6 Å². The molecule has 0 heterocycles. The minimum Gasteiger partial charge on any atom is -0.450 e. The van der Waals surface area contributed by atoms with Crippen LogP contribution >= 0.6 is 0 Å². The number of hydrogen-bond acceptors (Lipinski definition) is 4. The van der Waals surface area contributed by atoms with E-state index >= 15 is 0 Å². The first-order chi connectivity index (χ1) is 11.0. The Morgan fingerprint density at radius 1 is 1.13 bits per heavy atom. The third-order valence-electron chi connectivity index (χ3n) is 2.99. The topological polar surface area (TPSA) is 64.6 Å². The number of hydrogen-bond donors (Lipinski definition) is 1. The van der Waals surface area contributed by atoms with Crippen LogP contribution in [-0.4, -0.2) is 18.7 Å². The van der Waals surface area contributed by atoms with Crippen LogP contribution in [0.1, 0.15) is 22.8 Å². The van der Waals surface area contributed by atoms with Gasteiger partial charge in [0.15, 0.2) is 0 Å². The molecule has 0 fully saturated rings. The number of halogens is 1. The Bertz CT molecular complexity index is 713. The standard InChI is InChI=1S/C17H16FNO4/c1-3-22-17(21)19-13-6-8-14(9-7-13)23-16(20)12-5-4-11(2)15(18)10-12/h4-10H,3H2,1-2H3,(H,19,21). The maximum atomic E-state index is 13.5. The van der Waals surface area contributed by atoms with Gasteiger partial charge in [0.2, 0.25) is 0 Å². The summed E-state index contributed by atoms with van der Waals surface area (Å²) in [4.78, 5) is 23.2. The third-order valence-corrected chi connectivity index (χ3v) is 2.99. The van der Waals surface area contributed by atoms with E-state index in [1.165, 1.54) is 24.3 Å². The molecule has 0 aliphatic carbocycles. The number of benzene rings is 2. The Morgan fingerprint density at radius 2 is 1.83 bits per heavy atom. The second kappa shape index (κ2) is 7.40. The fourth-order valence-electron chi connectivity index (χ4n) is 1.78. The van der Waals surface area contributed by atoms with E-state index in [-0.39, 0.29) is 17.9 Å². The highest BCUT2D eigenvalue weighted by Gasteiger charge is 2.11. The normalized spacial score (nSPS) is 10.0. The monoisotopic (exact) mass is 317 g/mol. The summed E-state index contributed by atoms with van der Waals surface area (Å²) >= 11 is 0. The molecular weight excluding hydrogens is 301 g/mol. The minimum atomic E-state index is -0.657. The lowest BCUT2D eigenvalue weighted by Gasteiger charge is -2.07. The Kier molecular flexibility index (Phi) is 5.30. The number of rotatable bonds is 4. The smallest absolute Gasteiger partial charge is 0.411 e. The summed E-state index contributed by atoms with van der Waals surface area (Å²) in [5.74, 6) is -0.839. The van der Waals surface area contributed by atoms with Crippen molar-refractivity contribution in [3.05, 3.63) is 59.4 Å². The summed E-state index contributed by atoms with van der Waals surface area (Å²) in [7, 11) is 0. The lowest BCUT2D eigenvalue weighted by Crippen LogP contribution is -2.13. The highest BCUT2D eigenvalue weighted by molar-refractivity contribution is 5.91. The number of amides is 1. The highest BCUT2D eigenvalue weighted by Crippen LogP contribution is 2.18. The fraction of sp³-hybridized carbons (Fsp3) is 0.176. The average Bonchev–Trinajstić information content (AvgIpc) is 2.52. The van der Waals surface area contributed by atoms with Crippen molar-refractivity contribution in [1.29, 1.82) is 0 Å². The van der Waals surface area contributed by atoms with Crippen molar-refractivity contribution in [3.8, 4) is 5.75 Å². The molecule has 1 N–H and O–H groups in total. The van der Waals surface area contributed by atoms with E-state index in [1.54, 1.807) is 26.0 Å². The van der Waals surface area contributed by atoms with E-state index < -0.39 is 17.9 Å². The maximum absolute atomic E-state index is 13.5. The van der Waals surface area contributed by atoms with Gasteiger partial charge in [0, 0.05) is 5.69 Å². The van der Waals surface area contributed by atoms with E-state index in [2.05, 4.69) is 5.32 Å². The van der Waals surface area contributed by atoms with Gasteiger partial charge in [0.05, 0.1) is 12.2 Å². The van der Waals surface area contributed by atoms with E-state index in [0.717, 1.165) is 6.07 Å². The van der Waals surface area contributed by atoms with Crippen LogP contribution in [0, 0.1) is 12.7 Å². The molecule has 5 nitrogen and oxygen atoms in total. The van der Waals surface area contributed by atoms with Crippen molar-refractivity contribution in [2.45, 2.75) is 13.8 Å². The van der Waals surface area contributed by atoms with Crippen molar-refractivity contribution in [2.24, 2.45) is 0 Å². The molecular formula is C17H16FNO4. The fourth-order valence-corrected chi connectivity index (χ4v) is 1.78. The van der Waals surface area contributed by atoms with Gasteiger partial charge in [-0.15, -0.1) is 0 Å². The summed E-state index contributed by atoms with van der Waals surface area (Å²) < 4.78 is 23.4. The molecule has 23 heavy (non-hydrogen) atoms. The number of esters is 1. The summed E-state index contributed by atoms with van der Waals surface area (Å²) in [6, 6.07) is 10.3. The third kappa shape index (κ3) is 4.54. The van der Waals surface area contributed by atoms with Gasteiger partial charge in [-0.3, -0.25) is 5.32 Å². The number of ether oxygens (including phenoxy) is 2. The predicted molar refractivity (Wildman–Crippen MR) is 83.2 cm³/mol. The molecule has 0 aliphatic heterocycles. The summed E-state index contributed by atoms with van der Waals surface area (Å²) in [5, 5.41) is 2.52. The molecule has 0 aliphatic rings. The number of nitrogens with one attached hydrogen (secondary N) is 1. The van der Waals surface area contributed by atoms with E-state index in [4.69, 9.17) is 9.47 Å². The summed E-state index contributed by atoms with van der Waals surface area (Å²) in [6.07, 6.45) is -0.563. The van der Waals surface area contributed by atoms with Crippen LogP contribution in [-0.2, 0) is 4.74 Å². The highest BCUT2D eigenvalue weighted by atomic mass is 19.1. The second-order valence-corrected chi connectivity index (χ2v) is 4.72. The van der Waals surface area contributed by atoms with Crippen molar-refractivity contribution in [2.75, 3.05) is 11.9 Å². The Balaban J connectivity index is 2.01. The molecule has 120 valence electrons. The Labute approximate surface area is 133 Å². The largest absolute Gasteiger partial charge is 0.450 e. The molecule has 0 saturated carbocycles. The molecule has 0 unspecified atom stereocenters. The van der Waals surface area contributed by atoms with Crippen LogP contribution in [0.15, 0.2) is 42.5 Å². The number of carbonyl (C=O) groups is 2. The number of carbonyl (C=O) groups excluding carboxylic acids is 2. The number of anilines is 1. The molecule has 0 bridgehead atoms. The van der Waals surface area contributed by atoms with Gasteiger partial charge in [0.25, 0.3) is 0 Å². The van der Waals surface area contributed by atoms with Crippen LogP contribution in [0.2, 0.25) is 0 Å². The van der Waals surface area contributed by atoms with Crippen molar-refractivity contribution >= 4 is 17.7 Å². The van der Waals surface area contributed by atoms with Crippen LogP contribution in [0.4, 0.5) is 14.9 Å². The van der Waals surface area contributed by atoms with Crippen molar-refractivity contribution in [3.63, 3.8) is 0 Å². The van der Waals surface area contributed by atoms with Crippen molar-refractivity contribution < 1.29 is 23.5 Å². The van der Waals surface area contributed by atoms with Gasteiger partial charge >= 0.3 is 12.1 Å². The lowest BCUT2D eigenvalue weighted by atomic mass is 10.1. The van der Waals surface area contributed by atoms with Crippen LogP contribution in [0.25, 0.3) is 0 Å². The average molecular weight is 317 g/mol. The van der Waals surface area contributed by atoms with Gasteiger partial charge in [-0.05, 0) is 55.8 Å². The first-order valence-corrected chi connectivity index (χ1v) is 7.01. The van der Waals surface area contributed by atoms with Gasteiger partial charge in [-0.25, -0.2) is 14.0 Å². The zero-order valence-corrected chi connectivity index (χ0v) is 12.8. The van der Waals surface area contributed by atoms with Gasteiger partial charge in [-0.1, -0.05) is 6.07 Å². The minimum absolute atomic E-state index is 0.127. The molecule has 1 amide bonds. The quantitative estimate of drug-likeness (QED) is 0.685. The molecule has 0 aromatic heterocycles. The molecule has 0 atom stereocenters. The zero-order chi connectivity index (χ0) is 16.8. The van der Waals surface area contributed by atoms with Gasteiger partial charge < -0.3 is 9.47 Å². The number of aryl methyl sites for hydroxylation is 1. The lowest BCUT2D eigenvalue weighted by molar-refractivity contribution is 0.0734. The molecule has 2 aromatic rings. The first kappa shape index (κ1) is 16.5. The van der Waals surface area contributed by atoms with Crippen LogP contribution in [0.3, 0.4) is 0 Å². The molecule has 2 rings (SSSR count). The van der Waals surface area contributed by atoms with Crippen LogP contribution in [0.5, 0.6) is 5.75 Å². The van der Waals surface area contributed by atoms with Crippen LogP contribution < -0.4 is 10.1 Å². The molecule has 6 heteroatoms. The molecule has 0 radical (unpaired) electrons. The first-order valence-electron chi connectivity index (χ1n) is 7.01. The summed E-state index contributed by atoms with van der Waals surface area (Å²) in [5.41, 5.74) is 1.09. The molecule has 2 aromatic carbocycles. The van der Waals surface area contributed by atoms with E-state index in [1.807, 2.05) is 0 Å². The molecule has 0 saturated heterocycles. The Morgan fingerprint density at radius 3 is 2.43 bits per heavy atom. The maximum Gasteiger partial charge on any atom is 0.411 e. The predicted octanol–water partition coefficient (Wildman–Crippen LogP) is 3.92. The SMILES string of the molecule is CCOC(=O)Nc1ccc(OC(=O)c2ccc(C)c(F)c2)cc1. The zero-order valence-electron chi connectivity index (χ0n) is 12.8. The van der Waals surface area contributed by atoms with Crippen molar-refractivity contribution in [1.82, 2.24) is 0 Å². The molecule has 0 spiro atoms. The Hall–Kier alpha value is -2.89. The second-order valence-electron chi connectivity index (χ2n) is 4.72. The van der Waals surface area contributed by atoms with Gasteiger partial charge in [-0.2, -0.15) is 0 Å². The van der Waals surface area contributed by atoms with E-state index in [0.29, 0.717) is 11.3 Å². The van der Waals surface area contributed by atoms with E-state index in [9.17, 15) is 14.0 Å². The summed E-state index contributed by atoms with van der Waals surface area (Å²) in [6.45, 7) is 3.59.